The molecule has 16 heavy (non-hydrogen) atoms. The van der Waals surface area contributed by atoms with Crippen LogP contribution in [0.25, 0.3) is 0 Å². The van der Waals surface area contributed by atoms with Gasteiger partial charge in [0.25, 0.3) is 5.91 Å². The Morgan fingerprint density at radius 1 is 1.56 bits per heavy atom. The first-order chi connectivity index (χ1) is 7.38. The number of rotatable bonds is 4. The highest BCUT2D eigenvalue weighted by Crippen LogP contribution is 2.23. The van der Waals surface area contributed by atoms with Crippen LogP contribution in [0.15, 0.2) is 16.8 Å². The Kier molecular flexibility index (Phi) is 4.81. The van der Waals surface area contributed by atoms with E-state index in [9.17, 15) is 4.79 Å². The van der Waals surface area contributed by atoms with E-state index in [4.69, 9.17) is 11.6 Å². The number of hydrogen-bond donors (Lipinski definition) is 1. The van der Waals surface area contributed by atoms with Crippen molar-refractivity contribution in [2.45, 2.75) is 32.6 Å². The van der Waals surface area contributed by atoms with Gasteiger partial charge in [-0.1, -0.05) is 20.8 Å². The minimum atomic E-state index is -0.0409. The van der Waals surface area contributed by atoms with E-state index in [-0.39, 0.29) is 16.7 Å². The second kappa shape index (κ2) is 5.69. The van der Waals surface area contributed by atoms with E-state index >= 15 is 0 Å². The number of carbonyl (C=O) groups is 1. The second-order valence-electron chi connectivity index (χ2n) is 5.08. The van der Waals surface area contributed by atoms with E-state index in [1.54, 1.807) is 0 Å². The monoisotopic (exact) mass is 259 g/mol. The van der Waals surface area contributed by atoms with Crippen molar-refractivity contribution in [3.8, 4) is 0 Å². The topological polar surface area (TPSA) is 29.1 Å². The molecule has 1 aromatic rings. The van der Waals surface area contributed by atoms with Gasteiger partial charge < -0.3 is 5.32 Å². The maximum atomic E-state index is 11.6. The fourth-order valence-electron chi connectivity index (χ4n) is 1.44. The average Bonchev–Trinajstić information content (AvgIpc) is 2.64. The molecule has 0 saturated carbocycles. The third-order valence-corrected chi connectivity index (χ3v) is 3.09. The van der Waals surface area contributed by atoms with Crippen LogP contribution in [0.2, 0.25) is 0 Å². The molecule has 0 saturated heterocycles. The molecular formula is C12H18ClNOS. The summed E-state index contributed by atoms with van der Waals surface area (Å²) in [6.07, 6.45) is 0.887. The van der Waals surface area contributed by atoms with Crippen LogP contribution < -0.4 is 5.32 Å². The maximum Gasteiger partial charge on any atom is 0.252 e. The minimum absolute atomic E-state index is 0.0115. The second-order valence-corrected chi connectivity index (χ2v) is 6.48. The van der Waals surface area contributed by atoms with Crippen molar-refractivity contribution in [2.24, 2.45) is 5.41 Å². The lowest BCUT2D eigenvalue weighted by Crippen LogP contribution is -2.31. The molecule has 1 aromatic heterocycles. The van der Waals surface area contributed by atoms with E-state index < -0.39 is 0 Å². The summed E-state index contributed by atoms with van der Waals surface area (Å²) < 4.78 is 0. The van der Waals surface area contributed by atoms with Gasteiger partial charge in [-0.2, -0.15) is 11.3 Å². The van der Waals surface area contributed by atoms with Gasteiger partial charge in [0.2, 0.25) is 0 Å². The molecule has 1 amide bonds. The fraction of sp³-hybridized carbons (Fsp3) is 0.583. The van der Waals surface area contributed by atoms with Gasteiger partial charge >= 0.3 is 0 Å². The lowest BCUT2D eigenvalue weighted by atomic mass is 9.90. The molecule has 0 fully saturated rings. The van der Waals surface area contributed by atoms with Gasteiger partial charge in [-0.15, -0.1) is 11.6 Å². The number of hydrogen-bond acceptors (Lipinski definition) is 2. The van der Waals surface area contributed by atoms with E-state index in [0.717, 1.165) is 6.42 Å². The zero-order valence-electron chi connectivity index (χ0n) is 9.92. The van der Waals surface area contributed by atoms with E-state index in [2.05, 4.69) is 26.1 Å². The number of amides is 1. The van der Waals surface area contributed by atoms with E-state index in [1.165, 1.54) is 11.3 Å². The van der Waals surface area contributed by atoms with Crippen molar-refractivity contribution in [1.82, 2.24) is 5.32 Å². The Balaban J connectivity index is 2.32. The Hall–Kier alpha value is -0.540. The van der Waals surface area contributed by atoms with Crippen LogP contribution in [-0.4, -0.2) is 17.8 Å². The molecule has 0 aliphatic rings. The van der Waals surface area contributed by atoms with Crippen LogP contribution in [0, 0.1) is 5.41 Å². The first-order valence-corrected chi connectivity index (χ1v) is 6.71. The Morgan fingerprint density at radius 3 is 2.75 bits per heavy atom. The lowest BCUT2D eigenvalue weighted by Gasteiger charge is -2.21. The van der Waals surface area contributed by atoms with Crippen molar-refractivity contribution in [2.75, 3.05) is 6.54 Å². The fourth-order valence-corrected chi connectivity index (χ4v) is 2.61. The first kappa shape index (κ1) is 13.5. The highest BCUT2D eigenvalue weighted by atomic mass is 35.5. The molecule has 1 rings (SSSR count). The molecule has 0 aliphatic heterocycles. The molecule has 0 spiro atoms. The van der Waals surface area contributed by atoms with Crippen LogP contribution in [0.4, 0.5) is 0 Å². The number of thiophene rings is 1. The third kappa shape index (κ3) is 4.99. The molecule has 0 radical (unpaired) electrons. The number of carbonyl (C=O) groups excluding carboxylic acids is 1. The molecule has 0 aliphatic carbocycles. The summed E-state index contributed by atoms with van der Waals surface area (Å²) in [5.74, 6) is -0.0409. The van der Waals surface area contributed by atoms with Gasteiger partial charge in [0.05, 0.1) is 5.38 Å². The SMILES string of the molecule is CC(C)(C)CC(Cl)CNC(=O)c1ccsc1. The number of alkyl halides is 1. The zero-order chi connectivity index (χ0) is 12.2. The summed E-state index contributed by atoms with van der Waals surface area (Å²) in [5.41, 5.74) is 0.907. The molecule has 4 heteroatoms. The van der Waals surface area contributed by atoms with E-state index in [1.807, 2.05) is 16.8 Å². The summed E-state index contributed by atoms with van der Waals surface area (Å²) in [5, 5.41) is 6.56. The quantitative estimate of drug-likeness (QED) is 0.824. The summed E-state index contributed by atoms with van der Waals surface area (Å²) >= 11 is 7.68. The predicted molar refractivity (Wildman–Crippen MR) is 70.4 cm³/mol. The smallest absolute Gasteiger partial charge is 0.252 e. The van der Waals surface area contributed by atoms with Crippen molar-refractivity contribution in [3.05, 3.63) is 22.4 Å². The van der Waals surface area contributed by atoms with Crippen LogP contribution in [0.1, 0.15) is 37.6 Å². The number of nitrogens with one attached hydrogen (secondary N) is 1. The molecule has 0 aromatic carbocycles. The first-order valence-electron chi connectivity index (χ1n) is 5.33. The van der Waals surface area contributed by atoms with E-state index in [0.29, 0.717) is 12.1 Å². The normalized spacial score (nSPS) is 13.5. The molecule has 1 N–H and O–H groups in total. The summed E-state index contributed by atoms with van der Waals surface area (Å²) in [7, 11) is 0. The number of halogens is 1. The highest BCUT2D eigenvalue weighted by Gasteiger charge is 2.17. The Morgan fingerprint density at radius 2 is 2.25 bits per heavy atom. The van der Waals surface area contributed by atoms with Crippen molar-refractivity contribution in [3.63, 3.8) is 0 Å². The van der Waals surface area contributed by atoms with Crippen LogP contribution in [0.5, 0.6) is 0 Å². The van der Waals surface area contributed by atoms with Gasteiger partial charge in [-0.3, -0.25) is 4.79 Å². The molecular weight excluding hydrogens is 242 g/mol. The van der Waals surface area contributed by atoms with Crippen LogP contribution in [-0.2, 0) is 0 Å². The summed E-state index contributed by atoms with van der Waals surface area (Å²) in [6.45, 7) is 6.95. The van der Waals surface area contributed by atoms with Gasteiger partial charge in [0.15, 0.2) is 0 Å². The molecule has 90 valence electrons. The van der Waals surface area contributed by atoms with Crippen LogP contribution >= 0.6 is 22.9 Å². The molecule has 1 heterocycles. The van der Waals surface area contributed by atoms with Gasteiger partial charge in [-0.25, -0.2) is 0 Å². The molecule has 0 bridgehead atoms. The Labute approximate surface area is 106 Å². The van der Waals surface area contributed by atoms with Crippen molar-refractivity contribution < 1.29 is 4.79 Å². The molecule has 2 nitrogen and oxygen atoms in total. The minimum Gasteiger partial charge on any atom is -0.351 e. The standard InChI is InChI=1S/C12H18ClNOS/c1-12(2,3)6-10(13)7-14-11(15)9-4-5-16-8-9/h4-5,8,10H,6-7H2,1-3H3,(H,14,15). The summed E-state index contributed by atoms with van der Waals surface area (Å²) in [4.78, 5) is 11.6. The molecule has 1 unspecified atom stereocenters. The Bertz CT molecular complexity index is 329. The zero-order valence-corrected chi connectivity index (χ0v) is 11.5. The lowest BCUT2D eigenvalue weighted by molar-refractivity contribution is 0.0952. The highest BCUT2D eigenvalue weighted by molar-refractivity contribution is 7.08. The van der Waals surface area contributed by atoms with Gasteiger partial charge in [0, 0.05) is 17.5 Å². The molecule has 1 atom stereocenters. The average molecular weight is 260 g/mol. The largest absolute Gasteiger partial charge is 0.351 e. The van der Waals surface area contributed by atoms with Crippen LogP contribution in [0.3, 0.4) is 0 Å². The van der Waals surface area contributed by atoms with Gasteiger partial charge in [0.1, 0.15) is 0 Å². The van der Waals surface area contributed by atoms with Crippen molar-refractivity contribution in [1.29, 1.82) is 0 Å². The maximum absolute atomic E-state index is 11.6. The predicted octanol–water partition coefficient (Wildman–Crippen LogP) is 3.52. The van der Waals surface area contributed by atoms with Gasteiger partial charge in [-0.05, 0) is 23.3 Å². The van der Waals surface area contributed by atoms with Crippen molar-refractivity contribution >= 4 is 28.8 Å². The summed E-state index contributed by atoms with van der Waals surface area (Å²) in [6, 6.07) is 1.81. The third-order valence-electron chi connectivity index (χ3n) is 2.10.